The fraction of sp³-hybridized carbons (Fsp3) is 0.923. The average molecular weight is 240 g/mol. The third kappa shape index (κ3) is 3.87. The van der Waals surface area contributed by atoms with Crippen LogP contribution in [0, 0.1) is 0 Å². The molecule has 1 aliphatic heterocycles. The van der Waals surface area contributed by atoms with E-state index in [1.165, 1.54) is 12.8 Å². The second-order valence-corrected chi connectivity index (χ2v) is 5.36. The van der Waals surface area contributed by atoms with Crippen molar-refractivity contribution in [2.45, 2.75) is 63.5 Å². The molecule has 0 bridgehead atoms. The first kappa shape index (κ1) is 12.7. The first-order valence-electron chi connectivity index (χ1n) is 6.99. The zero-order chi connectivity index (χ0) is 12.1. The highest BCUT2D eigenvalue weighted by molar-refractivity contribution is 5.74. The van der Waals surface area contributed by atoms with E-state index < -0.39 is 0 Å². The van der Waals surface area contributed by atoms with Crippen LogP contribution in [0.15, 0.2) is 0 Å². The van der Waals surface area contributed by atoms with Gasteiger partial charge in [0.15, 0.2) is 0 Å². The van der Waals surface area contributed by atoms with Crippen LogP contribution in [-0.2, 0) is 0 Å². The number of carbonyl (C=O) groups is 1. The van der Waals surface area contributed by atoms with Gasteiger partial charge < -0.3 is 15.3 Å². The number of nitrogens with one attached hydrogen (secondary N) is 1. The summed E-state index contributed by atoms with van der Waals surface area (Å²) in [5.74, 6) is 0. The minimum atomic E-state index is -0.152. The number of aliphatic hydroxyl groups is 1. The number of rotatable bonds is 1. The Morgan fingerprint density at radius 3 is 2.18 bits per heavy atom. The van der Waals surface area contributed by atoms with Gasteiger partial charge in [0.25, 0.3) is 0 Å². The number of nitrogens with zero attached hydrogens (tertiary/aromatic N) is 1. The second kappa shape index (κ2) is 6.24. The third-order valence-corrected chi connectivity index (χ3v) is 3.92. The van der Waals surface area contributed by atoms with E-state index in [0.717, 1.165) is 51.6 Å². The van der Waals surface area contributed by atoms with Crippen molar-refractivity contribution >= 4 is 6.03 Å². The van der Waals surface area contributed by atoms with E-state index in [-0.39, 0.29) is 18.2 Å². The van der Waals surface area contributed by atoms with Crippen molar-refractivity contribution in [1.82, 2.24) is 10.2 Å². The maximum Gasteiger partial charge on any atom is 0.317 e. The number of hydrogen-bond acceptors (Lipinski definition) is 2. The lowest BCUT2D eigenvalue weighted by Gasteiger charge is -2.29. The summed E-state index contributed by atoms with van der Waals surface area (Å²) in [6.07, 6.45) is 8.10. The molecule has 2 amide bonds. The monoisotopic (exact) mass is 240 g/mol. The van der Waals surface area contributed by atoms with Gasteiger partial charge in [-0.1, -0.05) is 12.8 Å². The van der Waals surface area contributed by atoms with E-state index >= 15 is 0 Å². The van der Waals surface area contributed by atoms with Crippen molar-refractivity contribution < 1.29 is 9.90 Å². The summed E-state index contributed by atoms with van der Waals surface area (Å²) in [5, 5.41) is 12.5. The molecule has 2 aliphatic rings. The Hall–Kier alpha value is -0.770. The molecule has 0 radical (unpaired) electrons. The zero-order valence-corrected chi connectivity index (χ0v) is 10.5. The van der Waals surface area contributed by atoms with E-state index in [2.05, 4.69) is 5.32 Å². The quantitative estimate of drug-likeness (QED) is 0.735. The smallest absolute Gasteiger partial charge is 0.317 e. The Bertz CT molecular complexity index is 242. The van der Waals surface area contributed by atoms with Crippen LogP contribution >= 0.6 is 0 Å². The summed E-state index contributed by atoms with van der Waals surface area (Å²) in [6, 6.07) is 0.377. The van der Waals surface area contributed by atoms with Crippen LogP contribution in [0.4, 0.5) is 4.79 Å². The molecule has 2 N–H and O–H groups in total. The van der Waals surface area contributed by atoms with Crippen molar-refractivity contribution in [3.05, 3.63) is 0 Å². The zero-order valence-electron chi connectivity index (χ0n) is 10.5. The number of urea groups is 1. The van der Waals surface area contributed by atoms with Gasteiger partial charge in [-0.05, 0) is 38.5 Å². The van der Waals surface area contributed by atoms with Gasteiger partial charge in [-0.15, -0.1) is 0 Å². The Labute approximate surface area is 103 Å². The molecule has 17 heavy (non-hydrogen) atoms. The average Bonchev–Trinajstić information content (AvgIpc) is 2.61. The summed E-state index contributed by atoms with van der Waals surface area (Å²) >= 11 is 0. The first-order chi connectivity index (χ1) is 8.25. The summed E-state index contributed by atoms with van der Waals surface area (Å²) < 4.78 is 0. The van der Waals surface area contributed by atoms with Gasteiger partial charge in [0, 0.05) is 19.1 Å². The maximum absolute atomic E-state index is 12.1. The van der Waals surface area contributed by atoms with Gasteiger partial charge in [-0.2, -0.15) is 0 Å². The fourth-order valence-corrected chi connectivity index (χ4v) is 2.76. The summed E-state index contributed by atoms with van der Waals surface area (Å²) in [6.45, 7) is 1.81. The van der Waals surface area contributed by atoms with Crippen LogP contribution in [0.2, 0.25) is 0 Å². The summed E-state index contributed by atoms with van der Waals surface area (Å²) in [7, 11) is 0. The van der Waals surface area contributed by atoms with Gasteiger partial charge in [0.1, 0.15) is 0 Å². The Morgan fingerprint density at radius 1 is 1.00 bits per heavy atom. The normalized spacial score (nSPS) is 30.8. The first-order valence-corrected chi connectivity index (χ1v) is 6.99. The van der Waals surface area contributed by atoms with E-state index in [1.54, 1.807) is 0 Å². The molecule has 4 nitrogen and oxygen atoms in total. The molecule has 1 saturated carbocycles. The van der Waals surface area contributed by atoms with E-state index in [4.69, 9.17) is 0 Å². The van der Waals surface area contributed by atoms with Gasteiger partial charge in [-0.3, -0.25) is 0 Å². The van der Waals surface area contributed by atoms with Crippen LogP contribution in [0.25, 0.3) is 0 Å². The largest absolute Gasteiger partial charge is 0.393 e. The van der Waals surface area contributed by atoms with Gasteiger partial charge in [0.2, 0.25) is 0 Å². The summed E-state index contributed by atoms with van der Waals surface area (Å²) in [5.41, 5.74) is 0. The molecule has 1 aliphatic carbocycles. The molecule has 0 atom stereocenters. The number of hydrogen-bond donors (Lipinski definition) is 2. The number of amides is 2. The van der Waals surface area contributed by atoms with Crippen LogP contribution in [0.1, 0.15) is 51.4 Å². The molecule has 0 unspecified atom stereocenters. The van der Waals surface area contributed by atoms with Crippen molar-refractivity contribution in [2.24, 2.45) is 0 Å². The minimum absolute atomic E-state index is 0.105. The van der Waals surface area contributed by atoms with Gasteiger partial charge >= 0.3 is 6.03 Å². The highest BCUT2D eigenvalue weighted by atomic mass is 16.3. The molecular weight excluding hydrogens is 216 g/mol. The summed E-state index contributed by atoms with van der Waals surface area (Å²) in [4.78, 5) is 14.0. The van der Waals surface area contributed by atoms with Crippen molar-refractivity contribution in [3.63, 3.8) is 0 Å². The molecule has 1 saturated heterocycles. The molecule has 1 heterocycles. The molecule has 0 aromatic carbocycles. The van der Waals surface area contributed by atoms with Gasteiger partial charge in [0.05, 0.1) is 6.10 Å². The van der Waals surface area contributed by atoms with Crippen molar-refractivity contribution in [3.8, 4) is 0 Å². The molecular formula is C13H24N2O2. The lowest BCUT2D eigenvalue weighted by Crippen LogP contribution is -2.46. The maximum atomic E-state index is 12.1. The van der Waals surface area contributed by atoms with Crippen LogP contribution in [-0.4, -0.2) is 41.3 Å². The molecule has 0 aromatic rings. The molecule has 2 fully saturated rings. The Morgan fingerprint density at radius 2 is 1.59 bits per heavy atom. The fourth-order valence-electron chi connectivity index (χ4n) is 2.76. The standard InChI is InChI=1S/C13H24N2O2/c16-12-7-5-11(6-8-12)14-13(17)15-9-3-1-2-4-10-15/h11-12,16H,1-10H2,(H,14,17). The molecule has 2 rings (SSSR count). The number of likely N-dealkylation sites (tertiary alicyclic amines) is 1. The highest BCUT2D eigenvalue weighted by Crippen LogP contribution is 2.19. The minimum Gasteiger partial charge on any atom is -0.393 e. The van der Waals surface area contributed by atoms with Crippen molar-refractivity contribution in [2.75, 3.05) is 13.1 Å². The second-order valence-electron chi connectivity index (χ2n) is 5.36. The lowest BCUT2D eigenvalue weighted by molar-refractivity contribution is 0.115. The highest BCUT2D eigenvalue weighted by Gasteiger charge is 2.23. The van der Waals surface area contributed by atoms with E-state index in [0.29, 0.717) is 0 Å². The Kier molecular flexibility index (Phi) is 4.66. The van der Waals surface area contributed by atoms with Crippen LogP contribution in [0.3, 0.4) is 0 Å². The lowest BCUT2D eigenvalue weighted by atomic mass is 9.93. The van der Waals surface area contributed by atoms with E-state index in [9.17, 15) is 9.90 Å². The van der Waals surface area contributed by atoms with Crippen molar-refractivity contribution in [1.29, 1.82) is 0 Å². The molecule has 4 heteroatoms. The number of aliphatic hydroxyl groups excluding tert-OH is 1. The Balaban J connectivity index is 1.75. The predicted molar refractivity (Wildman–Crippen MR) is 66.8 cm³/mol. The number of carbonyl (C=O) groups excluding carboxylic acids is 1. The van der Waals surface area contributed by atoms with Crippen LogP contribution in [0.5, 0.6) is 0 Å². The SMILES string of the molecule is O=C(NC1CCC(O)CC1)N1CCCCCC1. The molecule has 0 aromatic heterocycles. The molecule has 0 spiro atoms. The van der Waals surface area contributed by atoms with E-state index in [1.807, 2.05) is 4.90 Å². The van der Waals surface area contributed by atoms with Gasteiger partial charge in [-0.25, -0.2) is 4.79 Å². The topological polar surface area (TPSA) is 52.6 Å². The van der Waals surface area contributed by atoms with Crippen LogP contribution < -0.4 is 5.32 Å². The molecule has 98 valence electrons. The predicted octanol–water partition coefficient (Wildman–Crippen LogP) is 1.88. The third-order valence-electron chi connectivity index (χ3n) is 3.92.